The highest BCUT2D eigenvalue weighted by Crippen LogP contribution is 2.61. The molecule has 1 aliphatic carbocycles. The molecule has 0 bridgehead atoms. The minimum absolute atomic E-state index is 0.267. The molecule has 2 nitrogen and oxygen atoms in total. The SMILES string of the molecule is CCCCCCCC1(C2(CCSc3ccccc3)CC2)OCCO1. The number of rotatable bonds is 11. The summed E-state index contributed by atoms with van der Waals surface area (Å²) in [5.74, 6) is 0.894. The Balaban J connectivity index is 1.50. The molecule has 0 amide bonds. The molecule has 0 unspecified atom stereocenters. The molecule has 3 rings (SSSR count). The number of benzene rings is 1. The topological polar surface area (TPSA) is 18.5 Å². The molecule has 0 spiro atoms. The van der Waals surface area contributed by atoms with Gasteiger partial charge in [-0.05, 0) is 43.6 Å². The van der Waals surface area contributed by atoms with Gasteiger partial charge in [-0.25, -0.2) is 0 Å². The van der Waals surface area contributed by atoms with Crippen molar-refractivity contribution in [2.45, 2.75) is 75.4 Å². The van der Waals surface area contributed by atoms with Crippen LogP contribution >= 0.6 is 11.8 Å². The Morgan fingerprint density at radius 2 is 1.62 bits per heavy atom. The minimum atomic E-state index is -0.267. The van der Waals surface area contributed by atoms with Crippen LogP contribution in [0.4, 0.5) is 0 Å². The summed E-state index contributed by atoms with van der Waals surface area (Å²) >= 11 is 1.97. The summed E-state index contributed by atoms with van der Waals surface area (Å²) in [6.07, 6.45) is 11.4. The Kier molecular flexibility index (Phi) is 6.65. The van der Waals surface area contributed by atoms with Crippen LogP contribution < -0.4 is 0 Å². The van der Waals surface area contributed by atoms with Crippen molar-refractivity contribution in [3.8, 4) is 0 Å². The summed E-state index contributed by atoms with van der Waals surface area (Å²) in [5, 5.41) is 0. The van der Waals surface area contributed by atoms with Crippen LogP contribution in [0.1, 0.15) is 64.7 Å². The molecule has 1 heterocycles. The van der Waals surface area contributed by atoms with E-state index in [0.717, 1.165) is 25.4 Å². The maximum atomic E-state index is 6.25. The zero-order valence-corrected chi connectivity index (χ0v) is 15.9. The third-order valence-corrected chi connectivity index (χ3v) is 6.63. The zero-order valence-electron chi connectivity index (χ0n) is 15.1. The molecule has 2 aliphatic rings. The number of ether oxygens (including phenoxy) is 2. The molecule has 1 saturated carbocycles. The van der Waals surface area contributed by atoms with Crippen molar-refractivity contribution < 1.29 is 9.47 Å². The summed E-state index contributed by atoms with van der Waals surface area (Å²) in [4.78, 5) is 1.37. The maximum absolute atomic E-state index is 6.25. The Morgan fingerprint density at radius 1 is 0.917 bits per heavy atom. The van der Waals surface area contributed by atoms with Gasteiger partial charge < -0.3 is 9.47 Å². The Hall–Kier alpha value is -0.510. The third kappa shape index (κ3) is 4.36. The number of unbranched alkanes of at least 4 members (excludes halogenated alkanes) is 4. The highest BCUT2D eigenvalue weighted by molar-refractivity contribution is 7.99. The third-order valence-electron chi connectivity index (χ3n) is 5.62. The minimum Gasteiger partial charge on any atom is -0.347 e. The van der Waals surface area contributed by atoms with Crippen LogP contribution in [0.2, 0.25) is 0 Å². The largest absolute Gasteiger partial charge is 0.347 e. The molecule has 3 heteroatoms. The van der Waals surface area contributed by atoms with Gasteiger partial charge in [0.15, 0.2) is 5.79 Å². The molecule has 1 aliphatic heterocycles. The van der Waals surface area contributed by atoms with Crippen molar-refractivity contribution >= 4 is 11.8 Å². The van der Waals surface area contributed by atoms with Gasteiger partial charge in [0, 0.05) is 16.7 Å². The molecule has 1 saturated heterocycles. The molecule has 0 atom stereocenters. The number of hydrogen-bond donors (Lipinski definition) is 0. The summed E-state index contributed by atoms with van der Waals surface area (Å²) in [5.41, 5.74) is 0.288. The lowest BCUT2D eigenvalue weighted by atomic mass is 9.87. The van der Waals surface area contributed by atoms with Crippen LogP contribution in [0.15, 0.2) is 35.2 Å². The predicted molar refractivity (Wildman–Crippen MR) is 101 cm³/mol. The fraction of sp³-hybridized carbons (Fsp3) is 0.714. The predicted octanol–water partition coefficient (Wildman–Crippen LogP) is 6.05. The molecular weight excluding hydrogens is 316 g/mol. The van der Waals surface area contributed by atoms with Crippen molar-refractivity contribution in [1.82, 2.24) is 0 Å². The number of hydrogen-bond acceptors (Lipinski definition) is 3. The molecule has 1 aromatic rings. The fourth-order valence-corrected chi connectivity index (χ4v) is 5.06. The van der Waals surface area contributed by atoms with Crippen molar-refractivity contribution in [3.05, 3.63) is 30.3 Å². The Morgan fingerprint density at radius 3 is 2.29 bits per heavy atom. The average Bonchev–Trinajstić information content (AvgIpc) is 3.25. The van der Waals surface area contributed by atoms with E-state index in [4.69, 9.17) is 9.47 Å². The van der Waals surface area contributed by atoms with E-state index in [-0.39, 0.29) is 11.2 Å². The molecule has 24 heavy (non-hydrogen) atoms. The average molecular weight is 349 g/mol. The normalized spacial score (nSPS) is 21.0. The quantitative estimate of drug-likeness (QED) is 0.358. The second-order valence-electron chi connectivity index (χ2n) is 7.31. The first kappa shape index (κ1) is 18.3. The van der Waals surface area contributed by atoms with Gasteiger partial charge in [-0.15, -0.1) is 11.8 Å². The van der Waals surface area contributed by atoms with E-state index in [9.17, 15) is 0 Å². The van der Waals surface area contributed by atoms with Crippen LogP contribution in [0.3, 0.4) is 0 Å². The van der Waals surface area contributed by atoms with Gasteiger partial charge >= 0.3 is 0 Å². The van der Waals surface area contributed by atoms with Crippen LogP contribution in [0, 0.1) is 5.41 Å². The van der Waals surface area contributed by atoms with Gasteiger partial charge in [0.05, 0.1) is 13.2 Å². The molecule has 1 aromatic carbocycles. The summed E-state index contributed by atoms with van der Waals surface area (Å²) in [6, 6.07) is 10.7. The van der Waals surface area contributed by atoms with E-state index in [0.29, 0.717) is 0 Å². The zero-order chi connectivity index (χ0) is 16.7. The van der Waals surface area contributed by atoms with Crippen LogP contribution in [0.25, 0.3) is 0 Å². The van der Waals surface area contributed by atoms with Gasteiger partial charge in [-0.3, -0.25) is 0 Å². The van der Waals surface area contributed by atoms with Crippen molar-refractivity contribution in [2.75, 3.05) is 19.0 Å². The van der Waals surface area contributed by atoms with Crippen LogP contribution in [-0.4, -0.2) is 24.8 Å². The van der Waals surface area contributed by atoms with Gasteiger partial charge in [0.2, 0.25) is 0 Å². The van der Waals surface area contributed by atoms with Gasteiger partial charge in [-0.2, -0.15) is 0 Å². The van der Waals surface area contributed by atoms with Crippen LogP contribution in [-0.2, 0) is 9.47 Å². The standard InChI is InChI=1S/C21H32O2S/c1-2-3-4-5-9-12-21(22-16-17-23-21)20(13-14-20)15-18-24-19-10-7-6-8-11-19/h6-8,10-11H,2-5,9,12-18H2,1H3. The number of thioether (sulfide) groups is 1. The van der Waals surface area contributed by atoms with E-state index in [1.165, 1.54) is 56.3 Å². The van der Waals surface area contributed by atoms with E-state index < -0.39 is 0 Å². The molecule has 0 radical (unpaired) electrons. The summed E-state index contributed by atoms with van der Waals surface area (Å²) < 4.78 is 12.5. The maximum Gasteiger partial charge on any atom is 0.174 e. The van der Waals surface area contributed by atoms with Crippen molar-refractivity contribution in [3.63, 3.8) is 0 Å². The van der Waals surface area contributed by atoms with Gasteiger partial charge in [0.25, 0.3) is 0 Å². The lowest BCUT2D eigenvalue weighted by molar-refractivity contribution is -0.212. The van der Waals surface area contributed by atoms with E-state index in [2.05, 4.69) is 37.3 Å². The van der Waals surface area contributed by atoms with E-state index in [1.807, 2.05) is 11.8 Å². The van der Waals surface area contributed by atoms with Crippen molar-refractivity contribution in [2.24, 2.45) is 5.41 Å². The first-order valence-corrected chi connectivity index (χ1v) is 10.7. The first-order chi connectivity index (χ1) is 11.8. The smallest absolute Gasteiger partial charge is 0.174 e. The second-order valence-corrected chi connectivity index (χ2v) is 8.47. The Bertz CT molecular complexity index is 478. The highest BCUT2D eigenvalue weighted by atomic mass is 32.2. The monoisotopic (exact) mass is 348 g/mol. The summed E-state index contributed by atoms with van der Waals surface area (Å²) in [7, 11) is 0. The first-order valence-electron chi connectivity index (χ1n) is 9.76. The van der Waals surface area contributed by atoms with E-state index in [1.54, 1.807) is 0 Å². The highest BCUT2D eigenvalue weighted by Gasteiger charge is 2.61. The molecule has 134 valence electrons. The lowest BCUT2D eigenvalue weighted by Gasteiger charge is -2.36. The molecular formula is C21H32O2S. The van der Waals surface area contributed by atoms with Crippen molar-refractivity contribution in [1.29, 1.82) is 0 Å². The van der Waals surface area contributed by atoms with E-state index >= 15 is 0 Å². The second kappa shape index (κ2) is 8.73. The van der Waals surface area contributed by atoms with Gasteiger partial charge in [0.1, 0.15) is 0 Å². The summed E-state index contributed by atoms with van der Waals surface area (Å²) in [6.45, 7) is 3.83. The molecule has 0 N–H and O–H groups in total. The van der Waals surface area contributed by atoms with Gasteiger partial charge in [-0.1, -0.05) is 50.8 Å². The molecule has 2 fully saturated rings. The Labute approximate surface area is 151 Å². The fourth-order valence-electron chi connectivity index (χ4n) is 3.98. The molecule has 0 aromatic heterocycles. The lowest BCUT2D eigenvalue weighted by Crippen LogP contribution is -2.41. The van der Waals surface area contributed by atoms with Crippen LogP contribution in [0.5, 0.6) is 0 Å².